The predicted octanol–water partition coefficient (Wildman–Crippen LogP) is 10.6. The fourth-order valence-electron chi connectivity index (χ4n) is 3.34. The molecule has 0 saturated heterocycles. The zero-order chi connectivity index (χ0) is 45.5. The van der Waals surface area contributed by atoms with E-state index in [0.717, 1.165) is 0 Å². The first-order chi connectivity index (χ1) is 23.3. The van der Waals surface area contributed by atoms with Gasteiger partial charge < -0.3 is 4.89 Å². The van der Waals surface area contributed by atoms with Crippen LogP contribution >= 0.6 is 8.25 Å². The summed E-state index contributed by atoms with van der Waals surface area (Å²) in [5.74, 6) is -134. The minimum absolute atomic E-state index is 1.59. The van der Waals surface area contributed by atoms with Gasteiger partial charge in [0.15, 0.2) is 6.17 Å². The molecular weight excluding hydrogens is 915 g/mol. The largest absolute Gasteiger partial charge is 0.566 e. The van der Waals surface area contributed by atoms with Crippen LogP contribution in [0.25, 0.3) is 0 Å². The summed E-state index contributed by atoms with van der Waals surface area (Å²) < 4.78 is 446. The van der Waals surface area contributed by atoms with Crippen molar-refractivity contribution in [3.8, 4) is 0 Å². The zero-order valence-corrected chi connectivity index (χ0v) is 24.9. The normalized spacial score (nSPS) is 17.4. The maximum absolute atomic E-state index is 13.9. The lowest BCUT2D eigenvalue weighted by atomic mass is 9.82. The van der Waals surface area contributed by atoms with Crippen LogP contribution in [-0.2, 0) is 9.09 Å². The van der Waals surface area contributed by atoms with Crippen LogP contribution in [0.2, 0.25) is 0 Å². The van der Waals surface area contributed by atoms with Crippen molar-refractivity contribution in [2.45, 2.75) is 108 Å². The lowest BCUT2D eigenvalue weighted by Gasteiger charge is -2.46. The lowest BCUT2D eigenvalue weighted by molar-refractivity contribution is -0.489. The Hall–Kier alpha value is -2.22. The summed E-state index contributed by atoms with van der Waals surface area (Å²) in [4.78, 5) is 10.0. The molecule has 2 atom stereocenters. The fourth-order valence-corrected chi connectivity index (χ4v) is 3.61. The molecule has 2 unspecified atom stereocenters. The Bertz CT molecular complexity index is 1380. The Balaban J connectivity index is 7.47. The molecule has 0 aromatic heterocycles. The van der Waals surface area contributed by atoms with E-state index >= 15 is 0 Å². The van der Waals surface area contributed by atoms with Crippen molar-refractivity contribution in [2.75, 3.05) is 6.61 Å². The molecule has 0 N–H and O–H groups in total. The third-order valence-electron chi connectivity index (χ3n) is 6.70. The molecule has 0 spiro atoms. The summed E-state index contributed by atoms with van der Waals surface area (Å²) >= 11 is 0. The van der Waals surface area contributed by atoms with Crippen LogP contribution in [0.3, 0.4) is 0 Å². The van der Waals surface area contributed by atoms with Crippen LogP contribution in [0, 0.1) is 0 Å². The van der Waals surface area contributed by atoms with E-state index in [1.165, 1.54) is 0 Å². The zero-order valence-electron chi connectivity index (χ0n) is 24.0. The van der Waals surface area contributed by atoms with Gasteiger partial charge in [-0.3, -0.25) is 0 Å². The van der Waals surface area contributed by atoms with Gasteiger partial charge in [0.2, 0.25) is 0 Å². The van der Waals surface area contributed by atoms with Crippen LogP contribution in [0.1, 0.15) is 12.8 Å². The number of hydrogen-bond acceptors (Lipinski definition) is 3. The van der Waals surface area contributed by atoms with Gasteiger partial charge in [-0.25, -0.2) is 4.39 Å². The maximum atomic E-state index is 13.9. The van der Waals surface area contributed by atoms with Gasteiger partial charge in [0, 0.05) is 0 Å². The van der Waals surface area contributed by atoms with Crippen LogP contribution < -0.4 is 4.89 Å². The lowest BCUT2D eigenvalue weighted by Crippen LogP contribution is -2.79. The molecule has 3 nitrogen and oxygen atoms in total. The Kier molecular flexibility index (Phi) is 13.4. The molecule has 0 aliphatic rings. The molecule has 0 rings (SSSR count). The molecule has 0 fully saturated rings. The second-order valence-electron chi connectivity index (χ2n) is 10.3. The molecule has 0 aromatic carbocycles. The van der Waals surface area contributed by atoms with Gasteiger partial charge in [-0.15, -0.1) is 4.52 Å². The van der Waals surface area contributed by atoms with E-state index < -0.39 is 123 Å². The van der Waals surface area contributed by atoms with E-state index in [4.69, 9.17) is 0 Å². The van der Waals surface area contributed by atoms with Crippen molar-refractivity contribution in [3.05, 3.63) is 0 Å². The average molecular weight is 922 g/mol. The summed E-state index contributed by atoms with van der Waals surface area (Å²) in [6.07, 6.45) is -17.8. The molecular formula is C19H7F32O3P. The highest BCUT2D eigenvalue weighted by Crippen LogP contribution is 2.69. The fraction of sp³-hybridized carbons (Fsp3) is 1.00. The van der Waals surface area contributed by atoms with Gasteiger partial charge >= 0.3 is 97.3 Å². The monoisotopic (exact) mass is 922 g/mol. The number of halogens is 32. The minimum Gasteiger partial charge on any atom is -0.566 e. The third kappa shape index (κ3) is 6.86. The number of rotatable bonds is 19. The molecule has 55 heavy (non-hydrogen) atoms. The van der Waals surface area contributed by atoms with E-state index in [2.05, 4.69) is 4.52 Å². The first-order valence-corrected chi connectivity index (χ1v) is 13.2. The molecule has 0 amide bonds. The van der Waals surface area contributed by atoms with Crippen molar-refractivity contribution in [1.29, 1.82) is 0 Å². The molecule has 0 saturated carbocycles. The summed E-state index contributed by atoms with van der Waals surface area (Å²) in [5, 5.41) is 0. The molecule has 0 aliphatic carbocycles. The summed E-state index contributed by atoms with van der Waals surface area (Å²) in [6.45, 7) is -1.59. The van der Waals surface area contributed by atoms with E-state index in [1.807, 2.05) is 0 Å². The highest BCUT2D eigenvalue weighted by Gasteiger charge is 3.01. The van der Waals surface area contributed by atoms with Crippen molar-refractivity contribution >= 4 is 8.25 Å². The van der Waals surface area contributed by atoms with Gasteiger partial charge in [-0.1, -0.05) is 0 Å². The molecule has 0 radical (unpaired) electrons. The smallest absolute Gasteiger partial charge is 0.488 e. The highest BCUT2D eigenvalue weighted by atomic mass is 31.1. The quantitative estimate of drug-likeness (QED) is 0.0737. The molecule has 0 heterocycles. The Morgan fingerprint density at radius 1 is 0.382 bits per heavy atom. The Morgan fingerprint density at radius 2 is 0.582 bits per heavy atom. The van der Waals surface area contributed by atoms with Gasteiger partial charge in [0.05, 0.1) is 0 Å². The van der Waals surface area contributed by atoms with E-state index in [1.54, 1.807) is 0 Å². The number of alkyl halides is 32. The Morgan fingerprint density at radius 3 is 0.782 bits per heavy atom. The minimum atomic E-state index is -10.2. The van der Waals surface area contributed by atoms with E-state index in [0.29, 0.717) is 0 Å². The topological polar surface area (TPSA) is 49.4 Å². The van der Waals surface area contributed by atoms with Crippen molar-refractivity contribution < 1.29 is 154 Å². The van der Waals surface area contributed by atoms with Gasteiger partial charge in [0.25, 0.3) is 0 Å². The van der Waals surface area contributed by atoms with E-state index in [-0.39, 0.29) is 0 Å². The Labute approximate surface area is 278 Å². The van der Waals surface area contributed by atoms with Gasteiger partial charge in [0.1, 0.15) is 6.61 Å². The maximum Gasteiger partial charge on any atom is 0.488 e. The standard InChI is InChI=1S/C19H7F32O3P/c20-4(2-1-3-54-55(52)53)5(21,22)6(23,24)7(25,26)8(27,28)9(29,30)10(31,32)11(33,34)12(35,36)13(37,38)14(39,40)15(41,42)16(43,44)17(45,46)18(47,48)19(49,50)51/h4H,1-3H2. The molecule has 0 bridgehead atoms. The number of hydrogen-bond donors (Lipinski definition) is 0. The SMILES string of the molecule is O=[P+]([O-])OCCCC(F)C(F)(F)C(F)(F)C(F)(F)C(F)(F)C(F)(F)C(F)(F)C(F)(F)C(F)(F)C(F)(F)C(F)(F)C(F)(F)C(F)(F)C(F)(F)C(F)(F)C(F)(F)F. The first-order valence-electron chi connectivity index (χ1n) is 12.1. The molecule has 0 aliphatic heterocycles. The summed E-state index contributed by atoms with van der Waals surface area (Å²) in [5.41, 5.74) is 0. The highest BCUT2D eigenvalue weighted by molar-refractivity contribution is 7.30. The predicted molar refractivity (Wildman–Crippen MR) is 103 cm³/mol. The molecule has 0 aromatic rings. The van der Waals surface area contributed by atoms with Gasteiger partial charge in [-0.05, 0) is 17.4 Å². The van der Waals surface area contributed by atoms with Crippen molar-refractivity contribution in [1.82, 2.24) is 0 Å². The molecule has 36 heteroatoms. The van der Waals surface area contributed by atoms with E-state index in [9.17, 15) is 150 Å². The third-order valence-corrected chi connectivity index (χ3v) is 7.09. The van der Waals surface area contributed by atoms with Crippen LogP contribution in [-0.4, -0.2) is 102 Å². The summed E-state index contributed by atoms with van der Waals surface area (Å²) in [6, 6.07) is 0. The summed E-state index contributed by atoms with van der Waals surface area (Å²) in [7, 11) is -4.00. The second kappa shape index (κ2) is 14.0. The van der Waals surface area contributed by atoms with Gasteiger partial charge in [-0.2, -0.15) is 136 Å². The average Bonchev–Trinajstić information content (AvgIpc) is 2.96. The van der Waals surface area contributed by atoms with Crippen molar-refractivity contribution in [2.24, 2.45) is 0 Å². The first kappa shape index (κ1) is 52.8. The molecule has 330 valence electrons. The van der Waals surface area contributed by atoms with Crippen LogP contribution in [0.4, 0.5) is 140 Å². The van der Waals surface area contributed by atoms with Crippen LogP contribution in [0.15, 0.2) is 0 Å². The van der Waals surface area contributed by atoms with Crippen molar-refractivity contribution in [3.63, 3.8) is 0 Å². The second-order valence-corrected chi connectivity index (χ2v) is 11.0. The van der Waals surface area contributed by atoms with Crippen LogP contribution in [0.5, 0.6) is 0 Å².